The number of imidazole rings is 1. The minimum atomic E-state index is 0.519. The highest BCUT2D eigenvalue weighted by atomic mass is 16.5. The number of nitrogens with one attached hydrogen (secondary N) is 2. The van der Waals surface area contributed by atoms with E-state index < -0.39 is 0 Å². The molecule has 3 aromatic rings. The number of anilines is 2. The van der Waals surface area contributed by atoms with Crippen LogP contribution in [0, 0.1) is 0 Å². The van der Waals surface area contributed by atoms with Crippen molar-refractivity contribution in [3.05, 3.63) is 36.6 Å². The van der Waals surface area contributed by atoms with E-state index >= 15 is 0 Å². The summed E-state index contributed by atoms with van der Waals surface area (Å²) >= 11 is 0. The van der Waals surface area contributed by atoms with E-state index in [4.69, 9.17) is 4.52 Å². The maximum atomic E-state index is 5.04. The maximum absolute atomic E-state index is 5.04. The molecule has 0 saturated carbocycles. The van der Waals surface area contributed by atoms with Crippen LogP contribution in [0.4, 0.5) is 11.6 Å². The van der Waals surface area contributed by atoms with Gasteiger partial charge in [-0.3, -0.25) is 0 Å². The smallest absolute Gasteiger partial charge is 0.180 e. The van der Waals surface area contributed by atoms with Crippen molar-refractivity contribution < 1.29 is 4.52 Å². The highest BCUT2D eigenvalue weighted by molar-refractivity contribution is 5.65. The Bertz CT molecular complexity index is 660. The molecule has 19 heavy (non-hydrogen) atoms. The molecule has 7 heteroatoms. The van der Waals surface area contributed by atoms with Crippen molar-refractivity contribution in [2.75, 3.05) is 17.2 Å². The van der Waals surface area contributed by atoms with Gasteiger partial charge in [-0.05, 0) is 6.92 Å². The van der Waals surface area contributed by atoms with Crippen LogP contribution in [-0.4, -0.2) is 26.1 Å². The molecular formula is C12H14N6O. The van der Waals surface area contributed by atoms with Gasteiger partial charge in [-0.2, -0.15) is 0 Å². The van der Waals surface area contributed by atoms with Crippen LogP contribution in [0.3, 0.4) is 0 Å². The van der Waals surface area contributed by atoms with Gasteiger partial charge in [0, 0.05) is 25.0 Å². The minimum Gasteiger partial charge on any atom is -0.369 e. The molecule has 0 unspecified atom stereocenters. The lowest BCUT2D eigenvalue weighted by atomic mass is 10.4. The van der Waals surface area contributed by atoms with Gasteiger partial charge >= 0.3 is 0 Å². The van der Waals surface area contributed by atoms with Crippen molar-refractivity contribution in [2.24, 2.45) is 0 Å². The van der Waals surface area contributed by atoms with Gasteiger partial charge in [0.15, 0.2) is 17.2 Å². The average Bonchev–Trinajstić information content (AvgIpc) is 3.07. The molecule has 0 spiro atoms. The van der Waals surface area contributed by atoms with E-state index in [1.165, 1.54) is 0 Å². The number of hydrogen-bond acceptors (Lipinski definition) is 6. The van der Waals surface area contributed by atoms with E-state index in [2.05, 4.69) is 25.8 Å². The Balaban J connectivity index is 1.89. The lowest BCUT2D eigenvalue weighted by molar-refractivity contribution is 0.388. The molecule has 0 bridgehead atoms. The average molecular weight is 258 g/mol. The molecule has 7 nitrogen and oxygen atoms in total. The lowest BCUT2D eigenvalue weighted by Gasteiger charge is -2.09. The largest absolute Gasteiger partial charge is 0.369 e. The van der Waals surface area contributed by atoms with Crippen LogP contribution in [0.15, 0.2) is 35.4 Å². The van der Waals surface area contributed by atoms with Gasteiger partial charge in [0.2, 0.25) is 0 Å². The van der Waals surface area contributed by atoms with Gasteiger partial charge in [-0.1, -0.05) is 5.16 Å². The third kappa shape index (κ3) is 2.35. The Labute approximate surface area is 109 Å². The molecule has 3 rings (SSSR count). The van der Waals surface area contributed by atoms with E-state index in [9.17, 15) is 0 Å². The Hall–Kier alpha value is -2.57. The third-order valence-corrected chi connectivity index (χ3v) is 2.65. The Morgan fingerprint density at radius 1 is 1.32 bits per heavy atom. The summed E-state index contributed by atoms with van der Waals surface area (Å²) in [6.45, 7) is 3.36. The lowest BCUT2D eigenvalue weighted by Crippen LogP contribution is -2.07. The van der Waals surface area contributed by atoms with Crippen LogP contribution in [0.1, 0.15) is 12.7 Å². The van der Waals surface area contributed by atoms with E-state index in [0.29, 0.717) is 12.4 Å². The molecule has 98 valence electrons. The fraction of sp³-hybridized carbons (Fsp3) is 0.250. The number of nitrogens with zero attached hydrogens (tertiary/aromatic N) is 4. The molecule has 0 atom stereocenters. The number of aromatic nitrogens is 4. The number of rotatable bonds is 5. The predicted molar refractivity (Wildman–Crippen MR) is 71.0 cm³/mol. The first-order valence-electron chi connectivity index (χ1n) is 6.08. The van der Waals surface area contributed by atoms with E-state index in [1.54, 1.807) is 12.4 Å². The maximum Gasteiger partial charge on any atom is 0.180 e. The van der Waals surface area contributed by atoms with Crippen LogP contribution >= 0.6 is 0 Å². The highest BCUT2D eigenvalue weighted by Crippen LogP contribution is 2.17. The second-order valence-electron chi connectivity index (χ2n) is 4.00. The number of fused-ring (bicyclic) bond motifs is 1. The minimum absolute atomic E-state index is 0.519. The molecule has 3 heterocycles. The number of hydrogen-bond donors (Lipinski definition) is 2. The van der Waals surface area contributed by atoms with Crippen molar-refractivity contribution in [1.82, 2.24) is 19.5 Å². The van der Waals surface area contributed by atoms with Gasteiger partial charge in [0.1, 0.15) is 5.82 Å². The first-order valence-corrected chi connectivity index (χ1v) is 6.08. The third-order valence-electron chi connectivity index (χ3n) is 2.65. The van der Waals surface area contributed by atoms with Crippen molar-refractivity contribution in [3.8, 4) is 0 Å². The zero-order chi connectivity index (χ0) is 13.1. The summed E-state index contributed by atoms with van der Waals surface area (Å²) in [5.41, 5.74) is 0.779. The van der Waals surface area contributed by atoms with Gasteiger partial charge in [0.25, 0.3) is 0 Å². The van der Waals surface area contributed by atoms with Gasteiger partial charge in [0.05, 0.1) is 18.9 Å². The van der Waals surface area contributed by atoms with Gasteiger partial charge in [-0.25, -0.2) is 9.97 Å². The van der Waals surface area contributed by atoms with Gasteiger partial charge < -0.3 is 19.6 Å². The Morgan fingerprint density at radius 2 is 2.26 bits per heavy atom. The molecule has 0 saturated heterocycles. The monoisotopic (exact) mass is 258 g/mol. The van der Waals surface area contributed by atoms with Gasteiger partial charge in [-0.15, -0.1) is 0 Å². The molecule has 0 aliphatic rings. The van der Waals surface area contributed by atoms with Crippen molar-refractivity contribution in [1.29, 1.82) is 0 Å². The van der Waals surface area contributed by atoms with Crippen LogP contribution in [-0.2, 0) is 6.54 Å². The molecule has 0 aliphatic carbocycles. The zero-order valence-corrected chi connectivity index (χ0v) is 10.5. The summed E-state index contributed by atoms with van der Waals surface area (Å²) in [7, 11) is 0. The normalized spacial score (nSPS) is 10.8. The molecule has 0 aromatic carbocycles. The first-order chi connectivity index (χ1) is 9.36. The summed E-state index contributed by atoms with van der Waals surface area (Å²) in [4.78, 5) is 8.78. The zero-order valence-electron chi connectivity index (χ0n) is 10.5. The molecule has 0 radical (unpaired) electrons. The summed E-state index contributed by atoms with van der Waals surface area (Å²) in [5, 5.41) is 10.1. The van der Waals surface area contributed by atoms with Crippen molar-refractivity contribution in [3.63, 3.8) is 0 Å². The second kappa shape index (κ2) is 4.97. The van der Waals surface area contributed by atoms with Crippen molar-refractivity contribution >= 4 is 17.3 Å². The van der Waals surface area contributed by atoms with Crippen LogP contribution < -0.4 is 10.6 Å². The van der Waals surface area contributed by atoms with E-state index in [0.717, 1.165) is 23.8 Å². The molecule has 0 fully saturated rings. The molecule has 2 N–H and O–H groups in total. The van der Waals surface area contributed by atoms with E-state index in [-0.39, 0.29) is 0 Å². The molecular weight excluding hydrogens is 244 g/mol. The summed E-state index contributed by atoms with van der Waals surface area (Å²) in [6.07, 6.45) is 7.15. The quantitative estimate of drug-likeness (QED) is 0.726. The first kappa shape index (κ1) is 11.5. The van der Waals surface area contributed by atoms with E-state index in [1.807, 2.05) is 29.8 Å². The molecule has 0 aliphatic heterocycles. The predicted octanol–water partition coefficient (Wildman–Crippen LogP) is 1.76. The molecule has 0 amide bonds. The Kier molecular flexibility index (Phi) is 3.01. The fourth-order valence-corrected chi connectivity index (χ4v) is 1.82. The summed E-state index contributed by atoms with van der Waals surface area (Å²) in [6, 6.07) is 1.81. The topological polar surface area (TPSA) is 80.3 Å². The molecule has 3 aromatic heterocycles. The van der Waals surface area contributed by atoms with Crippen LogP contribution in [0.2, 0.25) is 0 Å². The Morgan fingerprint density at radius 3 is 3.05 bits per heavy atom. The highest BCUT2D eigenvalue weighted by Gasteiger charge is 2.07. The standard InChI is InChI=1S/C12H14N6O/c1-2-13-10-8-18-6-5-14-12(18)11(17-10)15-7-9-3-4-16-19-9/h3-6,8,13H,2,7H2,1H3,(H,15,17). The SMILES string of the molecule is CCNc1cn2ccnc2c(NCc2ccno2)n1. The second-order valence-corrected chi connectivity index (χ2v) is 4.00. The fourth-order valence-electron chi connectivity index (χ4n) is 1.82. The van der Waals surface area contributed by atoms with Crippen LogP contribution in [0.25, 0.3) is 5.65 Å². The van der Waals surface area contributed by atoms with Crippen LogP contribution in [0.5, 0.6) is 0 Å². The summed E-state index contributed by atoms with van der Waals surface area (Å²) in [5.74, 6) is 2.26. The summed E-state index contributed by atoms with van der Waals surface area (Å²) < 4.78 is 6.97. The van der Waals surface area contributed by atoms with Crippen molar-refractivity contribution in [2.45, 2.75) is 13.5 Å².